The molecule has 0 radical (unpaired) electrons. The van der Waals surface area contributed by atoms with Crippen LogP contribution in [-0.2, 0) is 0 Å². The molecule has 2 aromatic rings. The SMILES string of the molecule is COc1ccc(Cl)cc1C(N)c1ccc(F)cc1. The first-order valence-electron chi connectivity index (χ1n) is 5.46. The second kappa shape index (κ2) is 5.38. The molecule has 0 saturated heterocycles. The number of methoxy groups -OCH3 is 1. The second-order valence-corrected chi connectivity index (χ2v) is 4.35. The van der Waals surface area contributed by atoms with Gasteiger partial charge in [0.1, 0.15) is 11.6 Å². The largest absolute Gasteiger partial charge is 0.496 e. The number of halogens is 2. The molecular weight excluding hydrogens is 253 g/mol. The lowest BCUT2D eigenvalue weighted by Crippen LogP contribution is -2.13. The smallest absolute Gasteiger partial charge is 0.124 e. The van der Waals surface area contributed by atoms with Crippen molar-refractivity contribution in [1.82, 2.24) is 0 Å². The van der Waals surface area contributed by atoms with E-state index in [1.54, 1.807) is 37.4 Å². The van der Waals surface area contributed by atoms with Gasteiger partial charge in [0.2, 0.25) is 0 Å². The van der Waals surface area contributed by atoms with E-state index in [2.05, 4.69) is 0 Å². The van der Waals surface area contributed by atoms with E-state index < -0.39 is 6.04 Å². The van der Waals surface area contributed by atoms with Gasteiger partial charge in [0.15, 0.2) is 0 Å². The van der Waals surface area contributed by atoms with Gasteiger partial charge in [-0.1, -0.05) is 23.7 Å². The van der Waals surface area contributed by atoms with Crippen LogP contribution in [0.1, 0.15) is 17.2 Å². The second-order valence-electron chi connectivity index (χ2n) is 3.92. The first-order valence-corrected chi connectivity index (χ1v) is 5.84. The number of hydrogen-bond acceptors (Lipinski definition) is 2. The average molecular weight is 266 g/mol. The van der Waals surface area contributed by atoms with Crippen LogP contribution in [0.3, 0.4) is 0 Å². The fraction of sp³-hybridized carbons (Fsp3) is 0.143. The van der Waals surface area contributed by atoms with E-state index in [0.717, 1.165) is 11.1 Å². The Balaban J connectivity index is 2.41. The summed E-state index contributed by atoms with van der Waals surface area (Å²) in [6.07, 6.45) is 0. The van der Waals surface area contributed by atoms with Crippen LogP contribution in [0.5, 0.6) is 5.75 Å². The zero-order chi connectivity index (χ0) is 13.1. The number of ether oxygens (including phenoxy) is 1. The van der Waals surface area contributed by atoms with Crippen molar-refractivity contribution in [1.29, 1.82) is 0 Å². The Kier molecular flexibility index (Phi) is 3.84. The molecule has 0 bridgehead atoms. The molecule has 0 aromatic heterocycles. The summed E-state index contributed by atoms with van der Waals surface area (Å²) in [6.45, 7) is 0. The van der Waals surface area contributed by atoms with Crippen LogP contribution in [0.25, 0.3) is 0 Å². The number of rotatable bonds is 3. The van der Waals surface area contributed by atoms with Crippen molar-refractivity contribution in [3.05, 3.63) is 64.4 Å². The summed E-state index contributed by atoms with van der Waals surface area (Å²) < 4.78 is 18.1. The molecule has 0 amide bonds. The minimum absolute atomic E-state index is 0.288. The van der Waals surface area contributed by atoms with Crippen molar-refractivity contribution in [3.63, 3.8) is 0 Å². The quantitative estimate of drug-likeness (QED) is 0.921. The van der Waals surface area contributed by atoms with Crippen LogP contribution >= 0.6 is 11.6 Å². The van der Waals surface area contributed by atoms with Crippen molar-refractivity contribution in [2.75, 3.05) is 7.11 Å². The van der Waals surface area contributed by atoms with E-state index in [1.165, 1.54) is 12.1 Å². The molecule has 2 rings (SSSR count). The Morgan fingerprint density at radius 1 is 1.17 bits per heavy atom. The molecule has 2 aromatic carbocycles. The Bertz CT molecular complexity index is 542. The molecule has 2 N–H and O–H groups in total. The van der Waals surface area contributed by atoms with Gasteiger partial charge in [-0.2, -0.15) is 0 Å². The average Bonchev–Trinajstić information content (AvgIpc) is 2.39. The molecule has 1 unspecified atom stereocenters. The summed E-state index contributed by atoms with van der Waals surface area (Å²) in [5.74, 6) is 0.375. The zero-order valence-electron chi connectivity index (χ0n) is 9.86. The van der Waals surface area contributed by atoms with E-state index in [9.17, 15) is 4.39 Å². The molecule has 0 saturated carbocycles. The first kappa shape index (κ1) is 12.9. The highest BCUT2D eigenvalue weighted by atomic mass is 35.5. The third-order valence-electron chi connectivity index (χ3n) is 2.76. The molecular formula is C14H13ClFNO. The van der Waals surface area contributed by atoms with Crippen LogP contribution in [0.4, 0.5) is 4.39 Å². The van der Waals surface area contributed by atoms with Gasteiger partial charge < -0.3 is 10.5 Å². The molecule has 18 heavy (non-hydrogen) atoms. The summed E-state index contributed by atoms with van der Waals surface area (Å²) in [7, 11) is 1.57. The van der Waals surface area contributed by atoms with Crippen LogP contribution in [0, 0.1) is 5.82 Å². The van der Waals surface area contributed by atoms with Crippen LogP contribution < -0.4 is 10.5 Å². The molecule has 0 aliphatic heterocycles. The fourth-order valence-corrected chi connectivity index (χ4v) is 1.98. The number of nitrogens with two attached hydrogens (primary N) is 1. The highest BCUT2D eigenvalue weighted by Crippen LogP contribution is 2.30. The Hall–Kier alpha value is -1.58. The highest BCUT2D eigenvalue weighted by molar-refractivity contribution is 6.30. The molecule has 0 aliphatic rings. The normalized spacial score (nSPS) is 12.2. The number of hydrogen-bond donors (Lipinski definition) is 1. The molecule has 2 nitrogen and oxygen atoms in total. The van der Waals surface area contributed by atoms with Gasteiger partial charge in [-0.05, 0) is 35.9 Å². The van der Waals surface area contributed by atoms with E-state index in [1.807, 2.05) is 0 Å². The Morgan fingerprint density at radius 3 is 2.44 bits per heavy atom. The van der Waals surface area contributed by atoms with E-state index >= 15 is 0 Å². The third kappa shape index (κ3) is 2.63. The van der Waals surface area contributed by atoms with Crippen molar-refractivity contribution < 1.29 is 9.13 Å². The molecule has 0 aliphatic carbocycles. The Morgan fingerprint density at radius 2 is 1.83 bits per heavy atom. The van der Waals surface area contributed by atoms with Gasteiger partial charge in [0.25, 0.3) is 0 Å². The van der Waals surface area contributed by atoms with Crippen LogP contribution in [0.2, 0.25) is 5.02 Å². The van der Waals surface area contributed by atoms with Gasteiger partial charge >= 0.3 is 0 Å². The monoisotopic (exact) mass is 265 g/mol. The molecule has 4 heteroatoms. The van der Waals surface area contributed by atoms with Crippen molar-refractivity contribution >= 4 is 11.6 Å². The maximum absolute atomic E-state index is 12.9. The summed E-state index contributed by atoms with van der Waals surface area (Å²) in [6, 6.07) is 10.9. The first-order chi connectivity index (χ1) is 8.61. The summed E-state index contributed by atoms with van der Waals surface area (Å²) in [4.78, 5) is 0. The van der Waals surface area contributed by atoms with Gasteiger partial charge in [-0.3, -0.25) is 0 Å². The minimum atomic E-state index is -0.403. The fourth-order valence-electron chi connectivity index (χ4n) is 1.80. The summed E-state index contributed by atoms with van der Waals surface area (Å²) >= 11 is 5.96. The maximum atomic E-state index is 12.9. The van der Waals surface area contributed by atoms with Crippen molar-refractivity contribution in [2.24, 2.45) is 5.73 Å². The van der Waals surface area contributed by atoms with Crippen LogP contribution in [0.15, 0.2) is 42.5 Å². The lowest BCUT2D eigenvalue weighted by Gasteiger charge is -2.16. The third-order valence-corrected chi connectivity index (χ3v) is 2.99. The van der Waals surface area contributed by atoms with E-state index in [-0.39, 0.29) is 5.82 Å². The standard InChI is InChI=1S/C14H13ClFNO/c1-18-13-7-4-10(15)8-12(13)14(17)9-2-5-11(16)6-3-9/h2-8,14H,17H2,1H3. The maximum Gasteiger partial charge on any atom is 0.124 e. The van der Waals surface area contributed by atoms with Gasteiger partial charge in [-0.15, -0.1) is 0 Å². The van der Waals surface area contributed by atoms with Gasteiger partial charge in [0, 0.05) is 10.6 Å². The predicted molar refractivity (Wildman–Crippen MR) is 70.4 cm³/mol. The molecule has 0 heterocycles. The van der Waals surface area contributed by atoms with Crippen LogP contribution in [-0.4, -0.2) is 7.11 Å². The molecule has 0 fully saturated rings. The van der Waals surface area contributed by atoms with Crippen molar-refractivity contribution in [3.8, 4) is 5.75 Å². The van der Waals surface area contributed by atoms with E-state index in [0.29, 0.717) is 10.8 Å². The highest BCUT2D eigenvalue weighted by Gasteiger charge is 2.14. The lowest BCUT2D eigenvalue weighted by atomic mass is 9.99. The predicted octanol–water partition coefficient (Wildman–Crippen LogP) is 3.54. The minimum Gasteiger partial charge on any atom is -0.496 e. The summed E-state index contributed by atoms with van der Waals surface area (Å²) in [5.41, 5.74) is 7.73. The van der Waals surface area contributed by atoms with E-state index in [4.69, 9.17) is 22.1 Å². The van der Waals surface area contributed by atoms with Gasteiger partial charge in [0.05, 0.1) is 13.2 Å². The van der Waals surface area contributed by atoms with Crippen molar-refractivity contribution in [2.45, 2.75) is 6.04 Å². The Labute approximate surface area is 110 Å². The number of benzene rings is 2. The lowest BCUT2D eigenvalue weighted by molar-refractivity contribution is 0.408. The topological polar surface area (TPSA) is 35.2 Å². The molecule has 1 atom stereocenters. The molecule has 0 spiro atoms. The summed E-state index contributed by atoms with van der Waals surface area (Å²) in [5, 5.41) is 0.586. The zero-order valence-corrected chi connectivity index (χ0v) is 10.6. The van der Waals surface area contributed by atoms with Gasteiger partial charge in [-0.25, -0.2) is 4.39 Å². The molecule has 94 valence electrons.